The molecule has 0 saturated heterocycles. The highest BCUT2D eigenvalue weighted by Crippen LogP contribution is 2.29. The molecule has 3 heterocycles. The zero-order valence-electron chi connectivity index (χ0n) is 20.1. The highest BCUT2D eigenvalue weighted by molar-refractivity contribution is 7.99. The van der Waals surface area contributed by atoms with E-state index in [0.717, 1.165) is 40.9 Å². The molecule has 0 atom stereocenters. The van der Waals surface area contributed by atoms with Gasteiger partial charge in [0.15, 0.2) is 5.16 Å². The van der Waals surface area contributed by atoms with Crippen LogP contribution in [-0.2, 0) is 11.2 Å². The monoisotopic (exact) mass is 495 g/mol. The summed E-state index contributed by atoms with van der Waals surface area (Å²) in [5.74, 6) is 0.702. The van der Waals surface area contributed by atoms with Crippen molar-refractivity contribution in [2.24, 2.45) is 0 Å². The topological polar surface area (TPSA) is 72.5 Å². The molecule has 0 aliphatic carbocycles. The molecule has 0 saturated carbocycles. The van der Waals surface area contributed by atoms with Crippen LogP contribution in [0.25, 0.3) is 22.4 Å². The normalized spacial score (nSPS) is 13.3. The SMILES string of the molecule is Cc1cccc(-n2c(=O)c3ccccc3n3c(SCC(=O)N4CCCc5ccccc54)nnc23)c1C. The number of benzene rings is 3. The van der Waals surface area contributed by atoms with E-state index in [-0.39, 0.29) is 17.2 Å². The Morgan fingerprint density at radius 3 is 2.61 bits per heavy atom. The van der Waals surface area contributed by atoms with E-state index in [0.29, 0.717) is 22.9 Å². The number of amides is 1. The fraction of sp³-hybridized carbons (Fsp3) is 0.214. The highest BCUT2D eigenvalue weighted by Gasteiger charge is 2.24. The first-order chi connectivity index (χ1) is 17.5. The molecule has 2 aromatic heterocycles. The summed E-state index contributed by atoms with van der Waals surface area (Å²) in [7, 11) is 0. The Kier molecular flexibility index (Phi) is 5.60. The van der Waals surface area contributed by atoms with E-state index >= 15 is 0 Å². The lowest BCUT2D eigenvalue weighted by Crippen LogP contribution is -2.36. The van der Waals surface area contributed by atoms with E-state index in [1.165, 1.54) is 17.3 Å². The van der Waals surface area contributed by atoms with Gasteiger partial charge in [0.1, 0.15) is 0 Å². The molecular formula is C28H25N5O2S. The van der Waals surface area contributed by atoms with Gasteiger partial charge in [-0.2, -0.15) is 0 Å². The van der Waals surface area contributed by atoms with Gasteiger partial charge in [-0.25, -0.2) is 4.57 Å². The molecule has 36 heavy (non-hydrogen) atoms. The maximum absolute atomic E-state index is 13.6. The van der Waals surface area contributed by atoms with Crippen LogP contribution in [0.3, 0.4) is 0 Å². The maximum atomic E-state index is 13.6. The highest BCUT2D eigenvalue weighted by atomic mass is 32.2. The Labute approximate surface area is 212 Å². The first kappa shape index (κ1) is 22.5. The molecule has 6 rings (SSSR count). The largest absolute Gasteiger partial charge is 0.311 e. The summed E-state index contributed by atoms with van der Waals surface area (Å²) in [6.45, 7) is 4.74. The van der Waals surface area contributed by atoms with Gasteiger partial charge in [0.25, 0.3) is 5.56 Å². The first-order valence-electron chi connectivity index (χ1n) is 12.0. The fourth-order valence-corrected chi connectivity index (χ4v) is 5.78. The van der Waals surface area contributed by atoms with Crippen LogP contribution in [0.15, 0.2) is 76.7 Å². The van der Waals surface area contributed by atoms with Gasteiger partial charge in [-0.3, -0.25) is 14.0 Å². The molecule has 8 heteroatoms. The molecule has 7 nitrogen and oxygen atoms in total. The Balaban J connectivity index is 1.43. The number of para-hydroxylation sites is 2. The van der Waals surface area contributed by atoms with Gasteiger partial charge < -0.3 is 4.90 Å². The molecule has 0 bridgehead atoms. The van der Waals surface area contributed by atoms with E-state index < -0.39 is 0 Å². The van der Waals surface area contributed by atoms with Crippen LogP contribution in [0.4, 0.5) is 5.69 Å². The predicted octanol–water partition coefficient (Wildman–Crippen LogP) is 4.72. The van der Waals surface area contributed by atoms with Crippen LogP contribution in [-0.4, -0.2) is 37.4 Å². The lowest BCUT2D eigenvalue weighted by Gasteiger charge is -2.29. The average Bonchev–Trinajstić information content (AvgIpc) is 3.33. The smallest absolute Gasteiger partial charge is 0.267 e. The zero-order valence-corrected chi connectivity index (χ0v) is 21.0. The summed E-state index contributed by atoms with van der Waals surface area (Å²) < 4.78 is 3.52. The van der Waals surface area contributed by atoms with Gasteiger partial charge in [-0.15, -0.1) is 10.2 Å². The number of carbonyl (C=O) groups excluding carboxylic acids is 1. The Hall–Kier alpha value is -3.91. The first-order valence-corrected chi connectivity index (χ1v) is 13.0. The molecule has 180 valence electrons. The quantitative estimate of drug-likeness (QED) is 0.337. The second-order valence-electron chi connectivity index (χ2n) is 9.06. The van der Waals surface area contributed by atoms with Gasteiger partial charge >= 0.3 is 0 Å². The molecule has 3 aromatic carbocycles. The van der Waals surface area contributed by atoms with Gasteiger partial charge in [-0.05, 0) is 67.6 Å². The lowest BCUT2D eigenvalue weighted by atomic mass is 10.0. The number of hydrogen-bond donors (Lipinski definition) is 0. The molecule has 1 amide bonds. The molecule has 0 fully saturated rings. The van der Waals surface area contributed by atoms with E-state index in [1.807, 2.05) is 83.8 Å². The lowest BCUT2D eigenvalue weighted by molar-refractivity contribution is -0.116. The Morgan fingerprint density at radius 1 is 0.944 bits per heavy atom. The molecule has 1 aliphatic heterocycles. The van der Waals surface area contributed by atoms with Crippen molar-refractivity contribution in [3.63, 3.8) is 0 Å². The third kappa shape index (κ3) is 3.60. The zero-order chi connectivity index (χ0) is 24.8. The van der Waals surface area contributed by atoms with Crippen LogP contribution in [0.1, 0.15) is 23.1 Å². The molecular weight excluding hydrogens is 470 g/mol. The van der Waals surface area contributed by atoms with Crippen molar-refractivity contribution >= 4 is 40.0 Å². The van der Waals surface area contributed by atoms with Gasteiger partial charge in [-0.1, -0.05) is 54.2 Å². The summed E-state index contributed by atoms with van der Waals surface area (Å²) in [6, 6.07) is 21.5. The van der Waals surface area contributed by atoms with Crippen molar-refractivity contribution in [2.45, 2.75) is 31.8 Å². The van der Waals surface area contributed by atoms with Crippen LogP contribution in [0.5, 0.6) is 0 Å². The Bertz CT molecular complexity index is 1700. The van der Waals surface area contributed by atoms with Crippen LogP contribution in [0.2, 0.25) is 0 Å². The second-order valence-corrected chi connectivity index (χ2v) is 10.0. The minimum atomic E-state index is -0.142. The maximum Gasteiger partial charge on any atom is 0.267 e. The molecule has 1 aliphatic rings. The minimum Gasteiger partial charge on any atom is -0.311 e. The van der Waals surface area contributed by atoms with Crippen molar-refractivity contribution in [1.82, 2.24) is 19.2 Å². The second kappa shape index (κ2) is 8.95. The van der Waals surface area contributed by atoms with Crippen molar-refractivity contribution in [2.75, 3.05) is 17.2 Å². The molecule has 5 aromatic rings. The summed E-state index contributed by atoms with van der Waals surface area (Å²) in [5, 5.41) is 10.0. The fourth-order valence-electron chi connectivity index (χ4n) is 4.96. The number of thioether (sulfide) groups is 1. The minimum absolute atomic E-state index is 0.0380. The van der Waals surface area contributed by atoms with E-state index in [4.69, 9.17) is 0 Å². The summed E-state index contributed by atoms with van der Waals surface area (Å²) in [6.07, 6.45) is 1.94. The standard InChI is InChI=1S/C28H25N5O2S/c1-18-9-7-15-22(19(18)2)32-26(35)21-12-4-6-14-24(21)33-27(32)29-30-28(33)36-17-25(34)31-16-8-11-20-10-3-5-13-23(20)31/h3-7,9-10,12-15H,8,11,16-17H2,1-2H3. The van der Waals surface area contributed by atoms with Crippen LogP contribution < -0.4 is 10.5 Å². The molecule has 0 N–H and O–H groups in total. The number of nitrogens with zero attached hydrogens (tertiary/aromatic N) is 5. The van der Waals surface area contributed by atoms with Gasteiger partial charge in [0.05, 0.1) is 22.3 Å². The van der Waals surface area contributed by atoms with Crippen molar-refractivity contribution in [1.29, 1.82) is 0 Å². The molecule has 0 spiro atoms. The van der Waals surface area contributed by atoms with Gasteiger partial charge in [0, 0.05) is 12.2 Å². The number of aryl methyl sites for hydroxylation is 2. The number of anilines is 1. The van der Waals surface area contributed by atoms with E-state index in [1.54, 1.807) is 4.57 Å². The van der Waals surface area contributed by atoms with Gasteiger partial charge in [0.2, 0.25) is 11.7 Å². The third-order valence-corrected chi connectivity index (χ3v) is 7.86. The predicted molar refractivity (Wildman–Crippen MR) is 143 cm³/mol. The van der Waals surface area contributed by atoms with Crippen molar-refractivity contribution in [3.05, 3.63) is 93.8 Å². The molecule has 0 unspecified atom stereocenters. The Morgan fingerprint density at radius 2 is 1.72 bits per heavy atom. The van der Waals surface area contributed by atoms with E-state index in [2.05, 4.69) is 16.3 Å². The number of aromatic nitrogens is 4. The third-order valence-electron chi connectivity index (χ3n) is 6.95. The number of hydrogen-bond acceptors (Lipinski definition) is 5. The van der Waals surface area contributed by atoms with Crippen molar-refractivity contribution in [3.8, 4) is 5.69 Å². The van der Waals surface area contributed by atoms with Crippen LogP contribution in [0, 0.1) is 13.8 Å². The molecule has 0 radical (unpaired) electrons. The summed E-state index contributed by atoms with van der Waals surface area (Å²) >= 11 is 1.35. The summed E-state index contributed by atoms with van der Waals surface area (Å²) in [5.41, 5.74) is 5.66. The average molecular weight is 496 g/mol. The number of rotatable bonds is 4. The van der Waals surface area contributed by atoms with Crippen molar-refractivity contribution < 1.29 is 4.79 Å². The summed E-state index contributed by atoms with van der Waals surface area (Å²) in [4.78, 5) is 28.8. The van der Waals surface area contributed by atoms with Crippen LogP contribution >= 0.6 is 11.8 Å². The number of fused-ring (bicyclic) bond motifs is 4. The number of carbonyl (C=O) groups is 1. The van der Waals surface area contributed by atoms with E-state index in [9.17, 15) is 9.59 Å².